The van der Waals surface area contributed by atoms with Gasteiger partial charge in [0.2, 0.25) is 5.91 Å². The van der Waals surface area contributed by atoms with Crippen LogP contribution in [0.5, 0.6) is 0 Å². The first kappa shape index (κ1) is 13.6. The Balaban J connectivity index is 2.63. The predicted octanol–water partition coefficient (Wildman–Crippen LogP) is 2.46. The molecule has 17 heavy (non-hydrogen) atoms. The topological polar surface area (TPSA) is 41.1 Å². The third-order valence-electron chi connectivity index (χ3n) is 2.27. The number of nitrogens with one attached hydrogen (secondary N) is 2. The summed E-state index contributed by atoms with van der Waals surface area (Å²) >= 11 is 0. The molecule has 0 radical (unpaired) electrons. The molecular formula is C13H19FN2O. The van der Waals surface area contributed by atoms with Gasteiger partial charge in [-0.3, -0.25) is 4.79 Å². The zero-order valence-electron chi connectivity index (χ0n) is 10.7. The average Bonchev–Trinajstić information content (AvgIpc) is 2.20. The second-order valence-corrected chi connectivity index (χ2v) is 5.08. The van der Waals surface area contributed by atoms with Gasteiger partial charge in [0.05, 0.1) is 12.2 Å². The number of anilines is 1. The Morgan fingerprint density at radius 3 is 2.53 bits per heavy atom. The molecule has 0 bridgehead atoms. The van der Waals surface area contributed by atoms with E-state index in [1.54, 1.807) is 19.1 Å². The van der Waals surface area contributed by atoms with E-state index in [-0.39, 0.29) is 23.7 Å². The van der Waals surface area contributed by atoms with Gasteiger partial charge in [-0.2, -0.15) is 0 Å². The fraction of sp³-hybridized carbons (Fsp3) is 0.462. The third kappa shape index (κ3) is 4.53. The maximum atomic E-state index is 13.4. The summed E-state index contributed by atoms with van der Waals surface area (Å²) in [6, 6.07) is 4.71. The van der Waals surface area contributed by atoms with Crippen LogP contribution in [-0.2, 0) is 4.79 Å². The van der Waals surface area contributed by atoms with E-state index in [4.69, 9.17) is 0 Å². The van der Waals surface area contributed by atoms with Crippen molar-refractivity contribution in [2.45, 2.75) is 33.2 Å². The molecule has 0 saturated heterocycles. The molecule has 0 aliphatic carbocycles. The average molecular weight is 238 g/mol. The number of benzene rings is 1. The van der Waals surface area contributed by atoms with Crippen molar-refractivity contribution in [3.63, 3.8) is 0 Å². The fourth-order valence-electron chi connectivity index (χ4n) is 1.32. The van der Waals surface area contributed by atoms with Crippen molar-refractivity contribution in [3.05, 3.63) is 29.6 Å². The Morgan fingerprint density at radius 2 is 2.00 bits per heavy atom. The number of carbonyl (C=O) groups is 1. The normalized spacial score (nSPS) is 11.4. The Bertz CT molecular complexity index is 390. The van der Waals surface area contributed by atoms with Crippen molar-refractivity contribution >= 4 is 11.6 Å². The summed E-state index contributed by atoms with van der Waals surface area (Å²) < 4.78 is 13.4. The Hall–Kier alpha value is -1.42. The minimum absolute atomic E-state index is 0.137. The molecule has 0 heterocycles. The molecule has 2 N–H and O–H groups in total. The molecule has 0 spiro atoms. The van der Waals surface area contributed by atoms with Gasteiger partial charge in [-0.25, -0.2) is 4.39 Å². The first-order valence-corrected chi connectivity index (χ1v) is 5.59. The zero-order valence-corrected chi connectivity index (χ0v) is 10.7. The number of halogens is 1. The summed E-state index contributed by atoms with van der Waals surface area (Å²) in [6.45, 7) is 7.82. The highest BCUT2D eigenvalue weighted by molar-refractivity contribution is 5.93. The Kier molecular flexibility index (Phi) is 4.23. The van der Waals surface area contributed by atoms with Crippen LogP contribution in [0.3, 0.4) is 0 Å². The number of rotatable bonds is 3. The number of carbonyl (C=O) groups excluding carboxylic acids is 1. The molecule has 0 aliphatic rings. The number of amides is 1. The lowest BCUT2D eigenvalue weighted by molar-refractivity contribution is -0.115. The van der Waals surface area contributed by atoms with Gasteiger partial charge in [0.15, 0.2) is 0 Å². The molecule has 1 aromatic rings. The van der Waals surface area contributed by atoms with Gasteiger partial charge in [-0.15, -0.1) is 0 Å². The smallest absolute Gasteiger partial charge is 0.238 e. The van der Waals surface area contributed by atoms with Crippen molar-refractivity contribution in [1.29, 1.82) is 0 Å². The molecule has 4 heteroatoms. The minimum atomic E-state index is -0.408. The van der Waals surface area contributed by atoms with Crippen LogP contribution in [0.25, 0.3) is 0 Å². The second kappa shape index (κ2) is 5.27. The van der Waals surface area contributed by atoms with Gasteiger partial charge in [0.1, 0.15) is 5.82 Å². The quantitative estimate of drug-likeness (QED) is 0.849. The van der Waals surface area contributed by atoms with Crippen LogP contribution in [0.4, 0.5) is 10.1 Å². The SMILES string of the molecule is Cc1cccc(F)c1NC(=O)CNC(C)(C)C. The molecule has 0 unspecified atom stereocenters. The highest BCUT2D eigenvalue weighted by Crippen LogP contribution is 2.18. The van der Waals surface area contributed by atoms with E-state index in [0.717, 1.165) is 0 Å². The number of para-hydroxylation sites is 1. The van der Waals surface area contributed by atoms with Crippen molar-refractivity contribution in [2.75, 3.05) is 11.9 Å². The van der Waals surface area contributed by atoms with E-state index in [1.807, 2.05) is 20.8 Å². The van der Waals surface area contributed by atoms with Crippen LogP contribution in [-0.4, -0.2) is 18.0 Å². The Labute approximate surface area is 101 Å². The van der Waals surface area contributed by atoms with Gasteiger partial charge in [-0.05, 0) is 39.3 Å². The third-order valence-corrected chi connectivity index (χ3v) is 2.27. The largest absolute Gasteiger partial charge is 0.322 e. The summed E-state index contributed by atoms with van der Waals surface area (Å²) in [5.41, 5.74) is 0.837. The van der Waals surface area contributed by atoms with Crippen molar-refractivity contribution in [3.8, 4) is 0 Å². The summed E-state index contributed by atoms with van der Waals surface area (Å²) in [7, 11) is 0. The number of hydrogen-bond donors (Lipinski definition) is 2. The molecule has 94 valence electrons. The highest BCUT2D eigenvalue weighted by atomic mass is 19.1. The molecule has 0 fully saturated rings. The van der Waals surface area contributed by atoms with E-state index >= 15 is 0 Å². The first-order valence-electron chi connectivity index (χ1n) is 5.59. The van der Waals surface area contributed by atoms with Gasteiger partial charge >= 0.3 is 0 Å². The predicted molar refractivity (Wildman–Crippen MR) is 67.5 cm³/mol. The van der Waals surface area contributed by atoms with Crippen molar-refractivity contribution in [2.24, 2.45) is 0 Å². The second-order valence-electron chi connectivity index (χ2n) is 5.08. The molecule has 1 rings (SSSR count). The molecule has 3 nitrogen and oxygen atoms in total. The molecule has 0 atom stereocenters. The first-order chi connectivity index (χ1) is 7.79. The van der Waals surface area contributed by atoms with E-state index in [1.165, 1.54) is 6.07 Å². The highest BCUT2D eigenvalue weighted by Gasteiger charge is 2.13. The summed E-state index contributed by atoms with van der Waals surface area (Å²) in [6.07, 6.45) is 0. The Morgan fingerprint density at radius 1 is 1.35 bits per heavy atom. The van der Waals surface area contributed by atoms with Gasteiger partial charge in [-0.1, -0.05) is 12.1 Å². The maximum Gasteiger partial charge on any atom is 0.238 e. The lowest BCUT2D eigenvalue weighted by Crippen LogP contribution is -2.41. The minimum Gasteiger partial charge on any atom is -0.322 e. The maximum absolute atomic E-state index is 13.4. The van der Waals surface area contributed by atoms with E-state index in [0.29, 0.717) is 5.56 Å². The van der Waals surface area contributed by atoms with Gasteiger partial charge in [0.25, 0.3) is 0 Å². The lowest BCUT2D eigenvalue weighted by atomic mass is 10.1. The summed E-state index contributed by atoms with van der Waals surface area (Å²) in [5, 5.41) is 5.62. The van der Waals surface area contributed by atoms with Crippen LogP contribution in [0.2, 0.25) is 0 Å². The van der Waals surface area contributed by atoms with Crippen molar-refractivity contribution < 1.29 is 9.18 Å². The van der Waals surface area contributed by atoms with Crippen LogP contribution in [0, 0.1) is 12.7 Å². The number of aryl methyl sites for hydroxylation is 1. The van der Waals surface area contributed by atoms with E-state index in [2.05, 4.69) is 10.6 Å². The molecular weight excluding hydrogens is 219 g/mol. The lowest BCUT2D eigenvalue weighted by Gasteiger charge is -2.20. The number of hydrogen-bond acceptors (Lipinski definition) is 2. The van der Waals surface area contributed by atoms with Crippen LogP contribution >= 0.6 is 0 Å². The molecule has 1 amide bonds. The monoisotopic (exact) mass is 238 g/mol. The summed E-state index contributed by atoms with van der Waals surface area (Å²) in [4.78, 5) is 11.6. The zero-order chi connectivity index (χ0) is 13.1. The standard InChI is InChI=1S/C13H19FN2O/c1-9-6-5-7-10(14)12(9)16-11(17)8-15-13(2,3)4/h5-7,15H,8H2,1-4H3,(H,16,17). The van der Waals surface area contributed by atoms with Gasteiger partial charge < -0.3 is 10.6 Å². The van der Waals surface area contributed by atoms with Crippen LogP contribution < -0.4 is 10.6 Å². The van der Waals surface area contributed by atoms with Crippen molar-refractivity contribution in [1.82, 2.24) is 5.32 Å². The summed E-state index contributed by atoms with van der Waals surface area (Å²) in [5.74, 6) is -0.651. The fourth-order valence-corrected chi connectivity index (χ4v) is 1.32. The van der Waals surface area contributed by atoms with Gasteiger partial charge in [0, 0.05) is 5.54 Å². The molecule has 0 aliphatic heterocycles. The van der Waals surface area contributed by atoms with Crippen LogP contribution in [0.15, 0.2) is 18.2 Å². The molecule has 0 saturated carbocycles. The molecule has 1 aromatic carbocycles. The van der Waals surface area contributed by atoms with E-state index in [9.17, 15) is 9.18 Å². The van der Waals surface area contributed by atoms with Crippen LogP contribution in [0.1, 0.15) is 26.3 Å². The molecule has 0 aromatic heterocycles. The van der Waals surface area contributed by atoms with E-state index < -0.39 is 5.82 Å².